The van der Waals surface area contributed by atoms with E-state index in [1.807, 2.05) is 32.9 Å². The third-order valence-electron chi connectivity index (χ3n) is 3.69. The average Bonchev–Trinajstić information content (AvgIpc) is 2.46. The number of likely N-dealkylation sites (tertiary alicyclic amines) is 1. The molecule has 0 bridgehead atoms. The largest absolute Gasteiger partial charge is 0.444 e. The van der Waals surface area contributed by atoms with Gasteiger partial charge in [-0.2, -0.15) is 0 Å². The molecule has 0 saturated carbocycles. The first-order valence-corrected chi connectivity index (χ1v) is 8.08. The minimum Gasteiger partial charge on any atom is -0.444 e. The number of nitrogens with one attached hydrogen (secondary N) is 1. The summed E-state index contributed by atoms with van der Waals surface area (Å²) in [7, 11) is 0. The fraction of sp³-hybridized carbons (Fsp3) is 0.647. The van der Waals surface area contributed by atoms with E-state index < -0.39 is 5.60 Å². The van der Waals surface area contributed by atoms with Crippen LogP contribution in [0.3, 0.4) is 0 Å². The van der Waals surface area contributed by atoms with Crippen LogP contribution < -0.4 is 5.32 Å². The van der Waals surface area contributed by atoms with Crippen molar-refractivity contribution in [3.8, 4) is 0 Å². The molecule has 1 fully saturated rings. The van der Waals surface area contributed by atoms with Crippen molar-refractivity contribution < 1.29 is 9.53 Å². The second kappa shape index (κ2) is 6.99. The fourth-order valence-corrected chi connectivity index (χ4v) is 2.64. The number of pyridine rings is 1. The Balaban J connectivity index is 1.92. The molecule has 1 aromatic heterocycles. The molecule has 0 radical (unpaired) electrons. The lowest BCUT2D eigenvalue weighted by Gasteiger charge is -2.33. The number of hydrogen-bond acceptors (Lipinski definition) is 4. The van der Waals surface area contributed by atoms with E-state index in [1.165, 1.54) is 0 Å². The highest BCUT2D eigenvalue weighted by Gasteiger charge is 2.27. The van der Waals surface area contributed by atoms with Crippen LogP contribution in [0.4, 0.5) is 10.6 Å². The van der Waals surface area contributed by atoms with Crippen molar-refractivity contribution >= 4 is 11.9 Å². The van der Waals surface area contributed by atoms with Gasteiger partial charge in [0.2, 0.25) is 0 Å². The van der Waals surface area contributed by atoms with Crippen molar-refractivity contribution in [1.82, 2.24) is 9.88 Å². The number of carbonyl (C=O) groups excluding carboxylic acids is 1. The Hall–Kier alpha value is -1.78. The molecular formula is C17H27N3O2. The lowest BCUT2D eigenvalue weighted by molar-refractivity contribution is 0.0204. The van der Waals surface area contributed by atoms with Crippen molar-refractivity contribution in [3.05, 3.63) is 23.9 Å². The number of hydrogen-bond donors (Lipinski definition) is 1. The van der Waals surface area contributed by atoms with E-state index in [0.29, 0.717) is 5.92 Å². The van der Waals surface area contributed by atoms with Gasteiger partial charge < -0.3 is 15.0 Å². The number of anilines is 1. The van der Waals surface area contributed by atoms with Crippen LogP contribution >= 0.6 is 0 Å². The van der Waals surface area contributed by atoms with Crippen molar-refractivity contribution in [2.45, 2.75) is 52.1 Å². The number of ether oxygens (including phenoxy) is 1. The lowest BCUT2D eigenvalue weighted by atomic mass is 9.93. The number of carbonyl (C=O) groups is 1. The quantitative estimate of drug-likeness (QED) is 0.926. The van der Waals surface area contributed by atoms with Gasteiger partial charge in [0.25, 0.3) is 0 Å². The fourth-order valence-electron chi connectivity index (χ4n) is 2.64. The summed E-state index contributed by atoms with van der Waals surface area (Å²) in [6.45, 7) is 10.1. The minimum atomic E-state index is -0.435. The Kier molecular flexibility index (Phi) is 5.27. The van der Waals surface area contributed by atoms with E-state index in [2.05, 4.69) is 23.3 Å². The zero-order valence-electron chi connectivity index (χ0n) is 14.1. The summed E-state index contributed by atoms with van der Waals surface area (Å²) in [5.41, 5.74) is 0.678. The van der Waals surface area contributed by atoms with Crippen LogP contribution in [-0.4, -0.2) is 41.2 Å². The van der Waals surface area contributed by atoms with Gasteiger partial charge in [0.05, 0.1) is 0 Å². The molecule has 1 aliphatic rings. The summed E-state index contributed by atoms with van der Waals surface area (Å²) in [6.07, 6.45) is 1.66. The van der Waals surface area contributed by atoms with Crippen molar-refractivity contribution in [1.29, 1.82) is 0 Å². The molecule has 1 aromatic rings. The summed E-state index contributed by atoms with van der Waals surface area (Å²) < 4.78 is 5.43. The molecule has 0 aromatic carbocycles. The van der Waals surface area contributed by atoms with E-state index in [1.54, 1.807) is 4.90 Å². The third-order valence-corrected chi connectivity index (χ3v) is 3.69. The molecule has 22 heavy (non-hydrogen) atoms. The van der Waals surface area contributed by atoms with Gasteiger partial charge in [-0.25, -0.2) is 9.78 Å². The Labute approximate surface area is 133 Å². The summed E-state index contributed by atoms with van der Waals surface area (Å²) in [4.78, 5) is 18.5. The van der Waals surface area contributed by atoms with Crippen LogP contribution in [0.25, 0.3) is 0 Å². The Morgan fingerprint density at radius 3 is 2.64 bits per heavy atom. The van der Waals surface area contributed by atoms with Crippen LogP contribution in [0.1, 0.15) is 52.1 Å². The van der Waals surface area contributed by atoms with Crippen LogP contribution in [0.5, 0.6) is 0 Å². The lowest BCUT2D eigenvalue weighted by Crippen LogP contribution is -2.41. The van der Waals surface area contributed by atoms with E-state index in [4.69, 9.17) is 4.74 Å². The standard InChI is InChI=1S/C17H27N3O2/c1-5-18-15-8-6-7-14(19-15)13-9-11-20(12-10-13)16(21)22-17(2,3)4/h6-8,13H,5,9-12H2,1-4H3,(H,18,19). The van der Waals surface area contributed by atoms with Crippen molar-refractivity contribution in [2.75, 3.05) is 25.0 Å². The first kappa shape index (κ1) is 16.6. The summed E-state index contributed by atoms with van der Waals surface area (Å²) in [5, 5.41) is 3.24. The summed E-state index contributed by atoms with van der Waals surface area (Å²) in [5.74, 6) is 1.34. The van der Waals surface area contributed by atoms with E-state index in [9.17, 15) is 4.79 Å². The van der Waals surface area contributed by atoms with Gasteiger partial charge >= 0.3 is 6.09 Å². The van der Waals surface area contributed by atoms with Gasteiger partial charge in [-0.15, -0.1) is 0 Å². The Bertz CT molecular complexity index is 503. The molecule has 1 aliphatic heterocycles. The maximum atomic E-state index is 12.1. The first-order valence-electron chi connectivity index (χ1n) is 8.08. The van der Waals surface area contributed by atoms with Crippen LogP contribution in [0.2, 0.25) is 0 Å². The molecule has 1 N–H and O–H groups in total. The zero-order chi connectivity index (χ0) is 16.2. The maximum absolute atomic E-state index is 12.1. The van der Waals surface area contributed by atoms with Gasteiger partial charge in [0.1, 0.15) is 11.4 Å². The second-order valence-corrected chi connectivity index (χ2v) is 6.72. The minimum absolute atomic E-state index is 0.208. The number of amides is 1. The van der Waals surface area contributed by atoms with Crippen LogP contribution in [0, 0.1) is 0 Å². The smallest absolute Gasteiger partial charge is 0.410 e. The van der Waals surface area contributed by atoms with E-state index in [0.717, 1.165) is 44.0 Å². The molecule has 2 heterocycles. The second-order valence-electron chi connectivity index (χ2n) is 6.72. The monoisotopic (exact) mass is 305 g/mol. The van der Waals surface area contributed by atoms with Crippen LogP contribution in [-0.2, 0) is 4.74 Å². The highest BCUT2D eigenvalue weighted by molar-refractivity contribution is 5.68. The molecule has 1 amide bonds. The Morgan fingerprint density at radius 2 is 2.05 bits per heavy atom. The van der Waals surface area contributed by atoms with E-state index >= 15 is 0 Å². The highest BCUT2D eigenvalue weighted by Crippen LogP contribution is 2.28. The predicted molar refractivity (Wildman–Crippen MR) is 88.2 cm³/mol. The topological polar surface area (TPSA) is 54.5 Å². The van der Waals surface area contributed by atoms with Gasteiger partial charge in [0, 0.05) is 31.2 Å². The third kappa shape index (κ3) is 4.61. The number of rotatable bonds is 3. The molecule has 5 heteroatoms. The molecule has 0 aliphatic carbocycles. The molecular weight excluding hydrogens is 278 g/mol. The number of nitrogens with zero attached hydrogens (tertiary/aromatic N) is 2. The van der Waals surface area contributed by atoms with Gasteiger partial charge in [-0.1, -0.05) is 6.07 Å². The predicted octanol–water partition coefficient (Wildman–Crippen LogP) is 3.63. The van der Waals surface area contributed by atoms with Crippen molar-refractivity contribution in [2.24, 2.45) is 0 Å². The molecule has 1 saturated heterocycles. The zero-order valence-corrected chi connectivity index (χ0v) is 14.1. The normalized spacial score (nSPS) is 16.5. The summed E-state index contributed by atoms with van der Waals surface area (Å²) in [6, 6.07) is 6.11. The van der Waals surface area contributed by atoms with Crippen molar-refractivity contribution in [3.63, 3.8) is 0 Å². The van der Waals surface area contributed by atoms with Crippen LogP contribution in [0.15, 0.2) is 18.2 Å². The van der Waals surface area contributed by atoms with Gasteiger partial charge in [-0.3, -0.25) is 0 Å². The highest BCUT2D eigenvalue weighted by atomic mass is 16.6. The first-order chi connectivity index (χ1) is 10.4. The van der Waals surface area contributed by atoms with E-state index in [-0.39, 0.29) is 6.09 Å². The van der Waals surface area contributed by atoms with Gasteiger partial charge in [-0.05, 0) is 52.7 Å². The SMILES string of the molecule is CCNc1cccc(C2CCN(C(=O)OC(C)(C)C)CC2)n1. The maximum Gasteiger partial charge on any atom is 0.410 e. The molecule has 0 atom stereocenters. The molecule has 5 nitrogen and oxygen atoms in total. The molecule has 0 unspecified atom stereocenters. The number of piperidine rings is 1. The summed E-state index contributed by atoms with van der Waals surface area (Å²) >= 11 is 0. The Morgan fingerprint density at radius 1 is 1.36 bits per heavy atom. The molecule has 122 valence electrons. The van der Waals surface area contributed by atoms with Gasteiger partial charge in [0.15, 0.2) is 0 Å². The molecule has 0 spiro atoms. The number of aromatic nitrogens is 1. The molecule has 2 rings (SSSR count). The average molecular weight is 305 g/mol.